The van der Waals surface area contributed by atoms with Gasteiger partial charge in [-0.1, -0.05) is 13.0 Å². The topological polar surface area (TPSA) is 81.8 Å². The summed E-state index contributed by atoms with van der Waals surface area (Å²) in [6.07, 6.45) is -0.0621. The first-order valence-corrected chi connectivity index (χ1v) is 6.05. The van der Waals surface area contributed by atoms with Crippen molar-refractivity contribution in [1.29, 1.82) is 0 Å². The van der Waals surface area contributed by atoms with E-state index < -0.39 is 11.4 Å². The zero-order valence-electron chi connectivity index (χ0n) is 11.8. The fourth-order valence-electron chi connectivity index (χ4n) is 2.09. The van der Waals surface area contributed by atoms with Crippen molar-refractivity contribution < 1.29 is 19.4 Å². The summed E-state index contributed by atoms with van der Waals surface area (Å²) >= 11 is 0. The van der Waals surface area contributed by atoms with Gasteiger partial charge in [0.25, 0.3) is 0 Å². The van der Waals surface area contributed by atoms with Gasteiger partial charge in [-0.15, -0.1) is 0 Å². The van der Waals surface area contributed by atoms with Crippen LogP contribution >= 0.6 is 0 Å². The van der Waals surface area contributed by atoms with Gasteiger partial charge in [0.2, 0.25) is 0 Å². The highest BCUT2D eigenvalue weighted by atomic mass is 16.5. The second-order valence-electron chi connectivity index (χ2n) is 4.84. The van der Waals surface area contributed by atoms with Gasteiger partial charge >= 0.3 is 5.97 Å². The molecule has 0 saturated heterocycles. The molecule has 0 bridgehead atoms. The van der Waals surface area contributed by atoms with Gasteiger partial charge in [0.15, 0.2) is 0 Å². The number of benzene rings is 1. The molecule has 0 heterocycles. The summed E-state index contributed by atoms with van der Waals surface area (Å²) in [5.74, 6) is 0.348. The monoisotopic (exact) mass is 267 g/mol. The summed E-state index contributed by atoms with van der Waals surface area (Å²) < 4.78 is 10.5. The largest absolute Gasteiger partial charge is 0.497 e. The van der Waals surface area contributed by atoms with Crippen LogP contribution in [0.5, 0.6) is 11.5 Å². The van der Waals surface area contributed by atoms with Crippen LogP contribution in [0.1, 0.15) is 25.8 Å². The first-order chi connectivity index (χ1) is 8.85. The van der Waals surface area contributed by atoms with Gasteiger partial charge in [-0.05, 0) is 13.0 Å². The first-order valence-electron chi connectivity index (χ1n) is 6.05. The number of nitrogens with two attached hydrogens (primary N) is 1. The molecule has 5 heteroatoms. The Bertz CT molecular complexity index is 459. The van der Waals surface area contributed by atoms with Crippen molar-refractivity contribution in [3.05, 3.63) is 23.8 Å². The van der Waals surface area contributed by atoms with E-state index in [9.17, 15) is 4.79 Å². The fraction of sp³-hybridized carbons (Fsp3) is 0.500. The highest BCUT2D eigenvalue weighted by molar-refractivity contribution is 5.70. The van der Waals surface area contributed by atoms with Crippen LogP contribution in [0.15, 0.2) is 18.2 Å². The van der Waals surface area contributed by atoms with Gasteiger partial charge in [-0.25, -0.2) is 0 Å². The standard InChI is InChI=1S/C14H21NO4/c1-9(15)14(2,8-13(16)17)11-6-5-10(18-3)7-12(11)19-4/h5-7,9H,8,15H2,1-4H3,(H,16,17). The maximum atomic E-state index is 11.1. The van der Waals surface area contributed by atoms with E-state index in [1.54, 1.807) is 33.3 Å². The van der Waals surface area contributed by atoms with Crippen LogP contribution in [0.3, 0.4) is 0 Å². The van der Waals surface area contributed by atoms with Crippen LogP contribution in [0.2, 0.25) is 0 Å². The van der Waals surface area contributed by atoms with Crippen molar-refractivity contribution >= 4 is 5.97 Å². The average Bonchev–Trinajstić information content (AvgIpc) is 2.36. The number of carboxylic acids is 1. The molecule has 3 N–H and O–H groups in total. The van der Waals surface area contributed by atoms with Crippen LogP contribution in [0, 0.1) is 0 Å². The Kier molecular flexibility index (Phi) is 4.78. The van der Waals surface area contributed by atoms with E-state index in [2.05, 4.69) is 0 Å². The van der Waals surface area contributed by atoms with E-state index >= 15 is 0 Å². The lowest BCUT2D eigenvalue weighted by atomic mass is 9.74. The molecule has 0 aromatic heterocycles. The number of ether oxygens (including phenoxy) is 2. The summed E-state index contributed by atoms with van der Waals surface area (Å²) in [5.41, 5.74) is 6.06. The van der Waals surface area contributed by atoms with Crippen molar-refractivity contribution in [1.82, 2.24) is 0 Å². The predicted octanol–water partition coefficient (Wildman–Crippen LogP) is 1.78. The van der Waals surface area contributed by atoms with E-state index in [1.807, 2.05) is 13.0 Å². The second kappa shape index (κ2) is 5.93. The molecule has 0 aliphatic rings. The Hall–Kier alpha value is -1.75. The summed E-state index contributed by atoms with van der Waals surface area (Å²) in [6.45, 7) is 3.63. The third-order valence-corrected chi connectivity index (χ3v) is 3.55. The Morgan fingerprint density at radius 3 is 2.47 bits per heavy atom. The molecule has 0 fully saturated rings. The first kappa shape index (κ1) is 15.3. The second-order valence-corrected chi connectivity index (χ2v) is 4.84. The molecule has 0 radical (unpaired) electrons. The number of hydrogen-bond donors (Lipinski definition) is 2. The third-order valence-electron chi connectivity index (χ3n) is 3.55. The van der Waals surface area contributed by atoms with Crippen LogP contribution in [-0.4, -0.2) is 31.3 Å². The van der Waals surface area contributed by atoms with Crippen LogP contribution in [0.25, 0.3) is 0 Å². The van der Waals surface area contributed by atoms with E-state index in [0.29, 0.717) is 11.5 Å². The van der Waals surface area contributed by atoms with Gasteiger partial charge < -0.3 is 20.3 Å². The minimum absolute atomic E-state index is 0.0621. The summed E-state index contributed by atoms with van der Waals surface area (Å²) in [5, 5.41) is 9.10. The molecule has 0 saturated carbocycles. The number of aliphatic carboxylic acids is 1. The third kappa shape index (κ3) is 3.17. The lowest BCUT2D eigenvalue weighted by Crippen LogP contribution is -2.42. The minimum Gasteiger partial charge on any atom is -0.497 e. The molecule has 0 aliphatic carbocycles. The van der Waals surface area contributed by atoms with Crippen LogP contribution in [-0.2, 0) is 10.2 Å². The van der Waals surface area contributed by atoms with Gasteiger partial charge in [0, 0.05) is 23.1 Å². The van der Waals surface area contributed by atoms with Crippen LogP contribution in [0.4, 0.5) is 0 Å². The zero-order chi connectivity index (χ0) is 14.6. The van der Waals surface area contributed by atoms with Crippen molar-refractivity contribution in [2.75, 3.05) is 14.2 Å². The lowest BCUT2D eigenvalue weighted by Gasteiger charge is -2.33. The van der Waals surface area contributed by atoms with E-state index in [-0.39, 0.29) is 12.5 Å². The molecular formula is C14H21NO4. The average molecular weight is 267 g/mol. The smallest absolute Gasteiger partial charge is 0.304 e. The number of rotatable bonds is 6. The fourth-order valence-corrected chi connectivity index (χ4v) is 2.09. The number of carbonyl (C=O) groups is 1. The molecule has 0 amide bonds. The van der Waals surface area contributed by atoms with E-state index in [0.717, 1.165) is 5.56 Å². The highest BCUT2D eigenvalue weighted by Gasteiger charge is 2.36. The molecule has 2 unspecified atom stereocenters. The summed E-state index contributed by atoms with van der Waals surface area (Å²) in [6, 6.07) is 4.99. The maximum Gasteiger partial charge on any atom is 0.304 e. The van der Waals surface area contributed by atoms with E-state index in [4.69, 9.17) is 20.3 Å². The minimum atomic E-state index is -0.891. The van der Waals surface area contributed by atoms with Gasteiger partial charge in [-0.2, -0.15) is 0 Å². The molecule has 1 aromatic carbocycles. The van der Waals surface area contributed by atoms with E-state index in [1.165, 1.54) is 0 Å². The molecule has 5 nitrogen and oxygen atoms in total. The molecule has 0 spiro atoms. The van der Waals surface area contributed by atoms with Crippen molar-refractivity contribution in [3.63, 3.8) is 0 Å². The van der Waals surface area contributed by atoms with Crippen molar-refractivity contribution in [2.45, 2.75) is 31.7 Å². The highest BCUT2D eigenvalue weighted by Crippen LogP contribution is 2.38. The Morgan fingerprint density at radius 2 is 2.05 bits per heavy atom. The van der Waals surface area contributed by atoms with Crippen LogP contribution < -0.4 is 15.2 Å². The van der Waals surface area contributed by atoms with Crippen molar-refractivity contribution in [2.24, 2.45) is 5.73 Å². The maximum absolute atomic E-state index is 11.1. The molecular weight excluding hydrogens is 246 g/mol. The molecule has 1 rings (SSSR count). The predicted molar refractivity (Wildman–Crippen MR) is 72.8 cm³/mol. The number of methoxy groups -OCH3 is 2. The molecule has 1 aromatic rings. The number of carboxylic acid groups (broad SMARTS) is 1. The Labute approximate surface area is 113 Å². The normalized spacial score (nSPS) is 15.4. The summed E-state index contributed by atoms with van der Waals surface area (Å²) in [7, 11) is 3.11. The number of hydrogen-bond acceptors (Lipinski definition) is 4. The zero-order valence-corrected chi connectivity index (χ0v) is 11.8. The van der Waals surface area contributed by atoms with Gasteiger partial charge in [0.1, 0.15) is 11.5 Å². The molecule has 19 heavy (non-hydrogen) atoms. The molecule has 2 atom stereocenters. The SMILES string of the molecule is COc1ccc(C(C)(CC(=O)O)C(C)N)c(OC)c1. The Balaban J connectivity index is 3.33. The molecule has 106 valence electrons. The lowest BCUT2D eigenvalue weighted by molar-refractivity contribution is -0.138. The molecule has 0 aliphatic heterocycles. The quantitative estimate of drug-likeness (QED) is 0.821. The van der Waals surface area contributed by atoms with Crippen molar-refractivity contribution in [3.8, 4) is 11.5 Å². The Morgan fingerprint density at radius 1 is 1.42 bits per heavy atom. The van der Waals surface area contributed by atoms with Gasteiger partial charge in [0.05, 0.1) is 20.6 Å². The summed E-state index contributed by atoms with van der Waals surface area (Å²) in [4.78, 5) is 11.1. The van der Waals surface area contributed by atoms with Gasteiger partial charge in [-0.3, -0.25) is 4.79 Å².